The Hall–Kier alpha value is -1.60. The molecule has 2 rings (SSSR count). The van der Waals surface area contributed by atoms with Crippen molar-refractivity contribution in [1.82, 2.24) is 20.3 Å². The fraction of sp³-hybridized carbons (Fsp3) is 0.750. The van der Waals surface area contributed by atoms with E-state index in [-0.39, 0.29) is 6.03 Å². The first-order valence-electron chi connectivity index (χ1n) is 8.27. The molecule has 1 aromatic rings. The van der Waals surface area contributed by atoms with Crippen LogP contribution < -0.4 is 5.32 Å². The quantitative estimate of drug-likeness (QED) is 0.804. The summed E-state index contributed by atoms with van der Waals surface area (Å²) in [6.07, 6.45) is 1.82. The van der Waals surface area contributed by atoms with Gasteiger partial charge in [-0.05, 0) is 26.7 Å². The number of rotatable bonds is 6. The third kappa shape index (κ3) is 5.21. The first-order valence-corrected chi connectivity index (χ1v) is 8.27. The molecule has 0 spiro atoms. The van der Waals surface area contributed by atoms with E-state index in [2.05, 4.69) is 15.4 Å². The van der Waals surface area contributed by atoms with Crippen LogP contribution in [-0.2, 0) is 11.3 Å². The summed E-state index contributed by atoms with van der Waals surface area (Å²) in [5.41, 5.74) is 2.13. The molecule has 1 fully saturated rings. The number of carbonyl (C=O) groups excluding carboxylic acids is 1. The summed E-state index contributed by atoms with van der Waals surface area (Å²) < 4.78 is 10.2. The van der Waals surface area contributed by atoms with Crippen LogP contribution in [0.15, 0.2) is 4.52 Å². The van der Waals surface area contributed by atoms with Gasteiger partial charge in [-0.2, -0.15) is 0 Å². The predicted octanol–water partition coefficient (Wildman–Crippen LogP) is 1.55. The molecule has 0 aliphatic carbocycles. The molecule has 7 heteroatoms. The summed E-state index contributed by atoms with van der Waals surface area (Å²) >= 11 is 0. The molecule has 0 bridgehead atoms. The maximum Gasteiger partial charge on any atom is 0.317 e. The number of aromatic nitrogens is 1. The predicted molar refractivity (Wildman–Crippen MR) is 87.3 cm³/mol. The van der Waals surface area contributed by atoms with Crippen molar-refractivity contribution >= 4 is 6.03 Å². The Balaban J connectivity index is 1.79. The number of urea groups is 1. The fourth-order valence-corrected chi connectivity index (χ4v) is 2.81. The number of ether oxygens (including phenoxy) is 1. The van der Waals surface area contributed by atoms with Gasteiger partial charge in [0.25, 0.3) is 0 Å². The van der Waals surface area contributed by atoms with Crippen molar-refractivity contribution in [2.45, 2.75) is 33.2 Å². The van der Waals surface area contributed by atoms with Gasteiger partial charge in [0, 0.05) is 58.5 Å². The highest BCUT2D eigenvalue weighted by Gasteiger charge is 2.20. The number of nitrogens with zero attached hydrogens (tertiary/aromatic N) is 3. The van der Waals surface area contributed by atoms with E-state index in [0.717, 1.165) is 57.0 Å². The number of methoxy groups -OCH3 is 1. The van der Waals surface area contributed by atoms with Gasteiger partial charge in [-0.15, -0.1) is 0 Å². The minimum Gasteiger partial charge on any atom is -0.385 e. The summed E-state index contributed by atoms with van der Waals surface area (Å²) in [4.78, 5) is 16.4. The van der Waals surface area contributed by atoms with Crippen molar-refractivity contribution in [3.05, 3.63) is 17.0 Å². The van der Waals surface area contributed by atoms with Gasteiger partial charge < -0.3 is 19.5 Å². The molecule has 1 aromatic heterocycles. The molecule has 0 aromatic carbocycles. The van der Waals surface area contributed by atoms with Gasteiger partial charge in [-0.3, -0.25) is 4.90 Å². The molecule has 130 valence electrons. The molecular formula is C16H28N4O3. The molecular weight excluding hydrogens is 296 g/mol. The van der Waals surface area contributed by atoms with E-state index < -0.39 is 0 Å². The molecule has 1 aliphatic rings. The Labute approximate surface area is 137 Å². The first kappa shape index (κ1) is 17.7. The summed E-state index contributed by atoms with van der Waals surface area (Å²) in [7, 11) is 1.67. The minimum absolute atomic E-state index is 0.0280. The van der Waals surface area contributed by atoms with Crippen LogP contribution in [-0.4, -0.2) is 67.4 Å². The lowest BCUT2D eigenvalue weighted by molar-refractivity contribution is 0.185. The normalized spacial score (nSPS) is 16.4. The van der Waals surface area contributed by atoms with E-state index in [1.165, 1.54) is 5.56 Å². The van der Waals surface area contributed by atoms with Crippen LogP contribution >= 0.6 is 0 Å². The Morgan fingerprint density at radius 2 is 2.13 bits per heavy atom. The monoisotopic (exact) mass is 324 g/mol. The lowest BCUT2D eigenvalue weighted by Crippen LogP contribution is -2.42. The molecule has 1 aliphatic heterocycles. The second-order valence-corrected chi connectivity index (χ2v) is 6.00. The summed E-state index contributed by atoms with van der Waals surface area (Å²) in [5.74, 6) is 0.888. The fourth-order valence-electron chi connectivity index (χ4n) is 2.81. The zero-order valence-electron chi connectivity index (χ0n) is 14.4. The van der Waals surface area contributed by atoms with Crippen molar-refractivity contribution in [3.63, 3.8) is 0 Å². The van der Waals surface area contributed by atoms with Crippen LogP contribution in [0.1, 0.15) is 29.9 Å². The molecule has 0 saturated carbocycles. The number of aryl methyl sites for hydroxylation is 2. The lowest BCUT2D eigenvalue weighted by Gasteiger charge is -2.22. The van der Waals surface area contributed by atoms with Crippen LogP contribution in [0.3, 0.4) is 0 Å². The van der Waals surface area contributed by atoms with Crippen LogP contribution in [0.4, 0.5) is 4.79 Å². The van der Waals surface area contributed by atoms with E-state index in [0.29, 0.717) is 13.2 Å². The van der Waals surface area contributed by atoms with Gasteiger partial charge in [0.1, 0.15) is 5.76 Å². The maximum atomic E-state index is 12.2. The second-order valence-electron chi connectivity index (χ2n) is 6.00. The summed E-state index contributed by atoms with van der Waals surface area (Å²) in [6.45, 7) is 9.50. The average Bonchev–Trinajstić information content (AvgIpc) is 2.75. The van der Waals surface area contributed by atoms with Crippen molar-refractivity contribution < 1.29 is 14.1 Å². The molecule has 0 radical (unpaired) electrons. The van der Waals surface area contributed by atoms with E-state index in [4.69, 9.17) is 9.26 Å². The van der Waals surface area contributed by atoms with E-state index in [1.807, 2.05) is 18.7 Å². The zero-order valence-corrected chi connectivity index (χ0v) is 14.4. The molecule has 1 N–H and O–H groups in total. The molecule has 0 atom stereocenters. The largest absolute Gasteiger partial charge is 0.385 e. The van der Waals surface area contributed by atoms with Crippen molar-refractivity contribution in [1.29, 1.82) is 0 Å². The second kappa shape index (κ2) is 8.88. The molecule has 1 saturated heterocycles. The topological polar surface area (TPSA) is 70.8 Å². The number of hydrogen-bond donors (Lipinski definition) is 1. The van der Waals surface area contributed by atoms with Crippen LogP contribution in [0.5, 0.6) is 0 Å². The van der Waals surface area contributed by atoms with E-state index in [1.54, 1.807) is 7.11 Å². The third-order valence-electron chi connectivity index (χ3n) is 4.24. The smallest absolute Gasteiger partial charge is 0.317 e. The standard InChI is InChI=1S/C16H28N4O3/c1-13-15(14(2)23-18-13)12-19-7-5-8-20(10-9-19)16(21)17-6-4-11-22-3/h4-12H2,1-3H3,(H,17,21). The SMILES string of the molecule is COCCCNC(=O)N1CCCN(Cc2c(C)noc2C)CC1. The summed E-state index contributed by atoms with van der Waals surface area (Å²) in [6, 6.07) is 0.0280. The van der Waals surface area contributed by atoms with Crippen LogP contribution in [0, 0.1) is 13.8 Å². The van der Waals surface area contributed by atoms with Crippen molar-refractivity contribution in [2.75, 3.05) is 46.4 Å². The van der Waals surface area contributed by atoms with Crippen molar-refractivity contribution in [2.24, 2.45) is 0 Å². The highest BCUT2D eigenvalue weighted by atomic mass is 16.5. The highest BCUT2D eigenvalue weighted by molar-refractivity contribution is 5.74. The van der Waals surface area contributed by atoms with Gasteiger partial charge in [0.2, 0.25) is 0 Å². The number of hydrogen-bond acceptors (Lipinski definition) is 5. The Bertz CT molecular complexity index is 484. The van der Waals surface area contributed by atoms with Gasteiger partial charge in [0.05, 0.1) is 5.69 Å². The van der Waals surface area contributed by atoms with E-state index in [9.17, 15) is 4.79 Å². The molecule has 2 amide bonds. The third-order valence-corrected chi connectivity index (χ3v) is 4.24. The van der Waals surface area contributed by atoms with Gasteiger partial charge in [-0.1, -0.05) is 5.16 Å². The maximum absolute atomic E-state index is 12.2. The average molecular weight is 324 g/mol. The van der Waals surface area contributed by atoms with E-state index >= 15 is 0 Å². The molecule has 0 unspecified atom stereocenters. The molecule has 2 heterocycles. The highest BCUT2D eigenvalue weighted by Crippen LogP contribution is 2.16. The lowest BCUT2D eigenvalue weighted by atomic mass is 10.2. The summed E-state index contributed by atoms with van der Waals surface area (Å²) in [5, 5.41) is 6.97. The number of carbonyl (C=O) groups is 1. The molecule has 7 nitrogen and oxygen atoms in total. The van der Waals surface area contributed by atoms with Crippen LogP contribution in [0.2, 0.25) is 0 Å². The number of amides is 2. The Morgan fingerprint density at radius 3 is 2.83 bits per heavy atom. The molecule has 23 heavy (non-hydrogen) atoms. The van der Waals surface area contributed by atoms with Crippen molar-refractivity contribution in [3.8, 4) is 0 Å². The number of nitrogens with one attached hydrogen (secondary N) is 1. The minimum atomic E-state index is 0.0280. The Morgan fingerprint density at radius 1 is 1.30 bits per heavy atom. The Kier molecular flexibility index (Phi) is 6.85. The van der Waals surface area contributed by atoms with Gasteiger partial charge >= 0.3 is 6.03 Å². The van der Waals surface area contributed by atoms with Gasteiger partial charge in [-0.25, -0.2) is 4.79 Å². The van der Waals surface area contributed by atoms with Gasteiger partial charge in [0.15, 0.2) is 0 Å². The first-order chi connectivity index (χ1) is 11.1. The van der Waals surface area contributed by atoms with Crippen LogP contribution in [0.25, 0.3) is 0 Å². The zero-order chi connectivity index (χ0) is 16.7.